The fourth-order valence-corrected chi connectivity index (χ4v) is 2.56. The van der Waals surface area contributed by atoms with Gasteiger partial charge in [-0.15, -0.1) is 0 Å². The van der Waals surface area contributed by atoms with Crippen LogP contribution in [0, 0.1) is 0 Å². The predicted molar refractivity (Wildman–Crippen MR) is 73.7 cm³/mol. The van der Waals surface area contributed by atoms with Crippen LogP contribution < -0.4 is 5.32 Å². The van der Waals surface area contributed by atoms with Gasteiger partial charge in [-0.2, -0.15) is 11.8 Å². The van der Waals surface area contributed by atoms with Gasteiger partial charge in [0.05, 0.1) is 18.1 Å². The fourth-order valence-electron chi connectivity index (χ4n) is 1.88. The zero-order valence-electron chi connectivity index (χ0n) is 10.4. The summed E-state index contributed by atoms with van der Waals surface area (Å²) in [6.45, 7) is 0.964. The van der Waals surface area contributed by atoms with E-state index in [1.807, 2.05) is 16.8 Å². The summed E-state index contributed by atoms with van der Waals surface area (Å²) in [7, 11) is 0. The van der Waals surface area contributed by atoms with E-state index in [9.17, 15) is 0 Å². The molecule has 0 radical (unpaired) electrons. The number of nitrogens with zero attached hydrogens (tertiary/aromatic N) is 3. The van der Waals surface area contributed by atoms with Gasteiger partial charge in [-0.3, -0.25) is 9.38 Å². The van der Waals surface area contributed by atoms with Crippen LogP contribution in [-0.4, -0.2) is 44.1 Å². The summed E-state index contributed by atoms with van der Waals surface area (Å²) in [4.78, 5) is 8.33. The van der Waals surface area contributed by atoms with Crippen LogP contribution in [0.5, 0.6) is 0 Å². The van der Waals surface area contributed by atoms with E-state index in [1.165, 1.54) is 0 Å². The summed E-state index contributed by atoms with van der Waals surface area (Å²) < 4.78 is 2.02. The standard InChI is InChI=1S/C12H18N4OS/c1-18-9-10(2-5-17)14-6-11-7-15-12-8-13-3-4-16(11)12/h3-4,7-8,10,14,17H,2,5-6,9H2,1H3. The molecule has 2 rings (SSSR count). The van der Waals surface area contributed by atoms with Crippen LogP contribution in [0.2, 0.25) is 0 Å². The lowest BCUT2D eigenvalue weighted by Gasteiger charge is -2.16. The maximum Gasteiger partial charge on any atom is 0.155 e. The van der Waals surface area contributed by atoms with Gasteiger partial charge in [0.15, 0.2) is 5.65 Å². The van der Waals surface area contributed by atoms with Crippen LogP contribution in [0.15, 0.2) is 24.8 Å². The SMILES string of the molecule is CSCC(CCO)NCc1cnc2cnccn12. The van der Waals surface area contributed by atoms with E-state index in [4.69, 9.17) is 5.11 Å². The lowest BCUT2D eigenvalue weighted by atomic mass is 10.2. The third-order valence-electron chi connectivity index (χ3n) is 2.81. The van der Waals surface area contributed by atoms with Crippen molar-refractivity contribution in [2.75, 3.05) is 18.6 Å². The Morgan fingerprint density at radius 3 is 3.17 bits per heavy atom. The highest BCUT2D eigenvalue weighted by Gasteiger charge is 2.08. The quantitative estimate of drug-likeness (QED) is 0.781. The van der Waals surface area contributed by atoms with Crippen molar-refractivity contribution in [2.45, 2.75) is 19.0 Å². The van der Waals surface area contributed by atoms with Gasteiger partial charge in [0, 0.05) is 37.3 Å². The van der Waals surface area contributed by atoms with Crippen molar-refractivity contribution in [3.05, 3.63) is 30.5 Å². The topological polar surface area (TPSA) is 62.5 Å². The third kappa shape index (κ3) is 3.22. The Labute approximate surface area is 111 Å². The van der Waals surface area contributed by atoms with Gasteiger partial charge in [0.2, 0.25) is 0 Å². The van der Waals surface area contributed by atoms with Gasteiger partial charge in [-0.1, -0.05) is 0 Å². The second-order valence-electron chi connectivity index (χ2n) is 4.10. The maximum absolute atomic E-state index is 9.02. The minimum atomic E-state index is 0.218. The Hall–Kier alpha value is -1.11. The summed E-state index contributed by atoms with van der Waals surface area (Å²) in [5, 5.41) is 12.5. The number of imidazole rings is 1. The number of hydrogen-bond donors (Lipinski definition) is 2. The molecule has 2 aromatic rings. The molecule has 0 amide bonds. The number of thioether (sulfide) groups is 1. The second-order valence-corrected chi connectivity index (χ2v) is 5.01. The second kappa shape index (κ2) is 6.72. The van der Waals surface area contributed by atoms with Crippen molar-refractivity contribution in [1.29, 1.82) is 0 Å². The summed E-state index contributed by atoms with van der Waals surface area (Å²) >= 11 is 1.78. The van der Waals surface area contributed by atoms with Gasteiger partial charge in [0.1, 0.15) is 0 Å². The monoisotopic (exact) mass is 266 g/mol. The van der Waals surface area contributed by atoms with E-state index in [0.717, 1.165) is 30.1 Å². The van der Waals surface area contributed by atoms with Crippen LogP contribution in [0.4, 0.5) is 0 Å². The average Bonchev–Trinajstić information content (AvgIpc) is 2.80. The highest BCUT2D eigenvalue weighted by atomic mass is 32.2. The summed E-state index contributed by atoms with van der Waals surface area (Å²) in [6.07, 6.45) is 10.1. The van der Waals surface area contributed by atoms with Crippen LogP contribution in [0.3, 0.4) is 0 Å². The molecule has 0 bridgehead atoms. The normalized spacial score (nSPS) is 13.0. The van der Waals surface area contributed by atoms with Crippen LogP contribution >= 0.6 is 11.8 Å². The van der Waals surface area contributed by atoms with Gasteiger partial charge in [-0.05, 0) is 12.7 Å². The minimum absolute atomic E-state index is 0.218. The zero-order chi connectivity index (χ0) is 12.8. The Bertz CT molecular complexity index is 482. The molecule has 0 saturated carbocycles. The number of aliphatic hydroxyl groups excluding tert-OH is 1. The van der Waals surface area contributed by atoms with Crippen molar-refractivity contribution in [2.24, 2.45) is 0 Å². The highest BCUT2D eigenvalue weighted by molar-refractivity contribution is 7.98. The number of hydrogen-bond acceptors (Lipinski definition) is 5. The molecule has 0 saturated heterocycles. The van der Waals surface area contributed by atoms with Crippen molar-refractivity contribution in [3.8, 4) is 0 Å². The number of aliphatic hydroxyl groups is 1. The number of rotatable bonds is 7. The Balaban J connectivity index is 2.00. The largest absolute Gasteiger partial charge is 0.396 e. The molecule has 5 nitrogen and oxygen atoms in total. The van der Waals surface area contributed by atoms with Crippen LogP contribution in [0.1, 0.15) is 12.1 Å². The van der Waals surface area contributed by atoms with Crippen LogP contribution in [0.25, 0.3) is 5.65 Å². The Morgan fingerprint density at radius 1 is 1.50 bits per heavy atom. The van der Waals surface area contributed by atoms with E-state index in [-0.39, 0.29) is 6.61 Å². The Morgan fingerprint density at radius 2 is 2.39 bits per heavy atom. The molecule has 1 unspecified atom stereocenters. The first-order valence-electron chi connectivity index (χ1n) is 5.94. The average molecular weight is 266 g/mol. The summed E-state index contributed by atoms with van der Waals surface area (Å²) in [5.41, 5.74) is 1.97. The van der Waals surface area contributed by atoms with Gasteiger partial charge in [0.25, 0.3) is 0 Å². The van der Waals surface area contributed by atoms with Gasteiger partial charge in [-0.25, -0.2) is 4.98 Å². The van der Waals surface area contributed by atoms with Gasteiger partial charge < -0.3 is 10.4 Å². The molecule has 1 atom stereocenters. The molecule has 0 aliphatic carbocycles. The molecule has 0 fully saturated rings. The molecule has 6 heteroatoms. The molecule has 2 heterocycles. The van der Waals surface area contributed by atoms with Crippen molar-refractivity contribution < 1.29 is 5.11 Å². The predicted octanol–water partition coefficient (Wildman–Crippen LogP) is 0.933. The molecule has 2 N–H and O–H groups in total. The summed E-state index contributed by atoms with van der Waals surface area (Å²) in [5.74, 6) is 0.999. The molecule has 2 aromatic heterocycles. The van der Waals surface area contributed by atoms with E-state index >= 15 is 0 Å². The van der Waals surface area contributed by atoms with E-state index in [2.05, 4.69) is 21.5 Å². The number of nitrogens with one attached hydrogen (secondary N) is 1. The molecule has 98 valence electrons. The highest BCUT2D eigenvalue weighted by Crippen LogP contribution is 2.06. The summed E-state index contributed by atoms with van der Waals surface area (Å²) in [6, 6.07) is 0.331. The lowest BCUT2D eigenvalue weighted by Crippen LogP contribution is -2.32. The van der Waals surface area contributed by atoms with Crippen molar-refractivity contribution >= 4 is 17.4 Å². The number of aromatic nitrogens is 3. The maximum atomic E-state index is 9.02. The zero-order valence-corrected chi connectivity index (χ0v) is 11.2. The smallest absolute Gasteiger partial charge is 0.155 e. The van der Waals surface area contributed by atoms with Gasteiger partial charge >= 0.3 is 0 Å². The molecular formula is C12H18N4OS. The first-order valence-corrected chi connectivity index (χ1v) is 7.33. The lowest BCUT2D eigenvalue weighted by molar-refractivity contribution is 0.269. The van der Waals surface area contributed by atoms with E-state index in [1.54, 1.807) is 24.2 Å². The first-order chi connectivity index (χ1) is 8.85. The van der Waals surface area contributed by atoms with E-state index in [0.29, 0.717) is 6.04 Å². The Kier molecular flexibility index (Phi) is 4.98. The fraction of sp³-hybridized carbons (Fsp3) is 0.500. The molecular weight excluding hydrogens is 248 g/mol. The molecule has 0 aliphatic rings. The molecule has 0 spiro atoms. The number of fused-ring (bicyclic) bond motifs is 1. The van der Waals surface area contributed by atoms with Crippen molar-refractivity contribution in [1.82, 2.24) is 19.7 Å². The first kappa shape index (κ1) is 13.3. The minimum Gasteiger partial charge on any atom is -0.396 e. The van der Waals surface area contributed by atoms with Crippen LogP contribution in [-0.2, 0) is 6.54 Å². The third-order valence-corrected chi connectivity index (χ3v) is 3.55. The molecule has 0 aliphatic heterocycles. The van der Waals surface area contributed by atoms with E-state index < -0.39 is 0 Å². The van der Waals surface area contributed by atoms with Crippen molar-refractivity contribution in [3.63, 3.8) is 0 Å². The molecule has 18 heavy (non-hydrogen) atoms. The molecule has 0 aromatic carbocycles.